The van der Waals surface area contributed by atoms with Crippen LogP contribution in [-0.4, -0.2) is 11.9 Å². The summed E-state index contributed by atoms with van der Waals surface area (Å²) in [5.41, 5.74) is 0.939. The molecule has 1 fully saturated rings. The molecule has 0 N–H and O–H groups in total. The number of halogens is 1. The Bertz CT molecular complexity index is 463. The van der Waals surface area contributed by atoms with Crippen LogP contribution in [0, 0.1) is 0 Å². The summed E-state index contributed by atoms with van der Waals surface area (Å²) in [6.07, 6.45) is 7.01. The summed E-state index contributed by atoms with van der Waals surface area (Å²) in [6, 6.07) is 8.15. The summed E-state index contributed by atoms with van der Waals surface area (Å²) in [4.78, 5) is 14.0. The average Bonchev–Trinajstić information content (AvgIpc) is 3.14. The minimum atomic E-state index is 0.0132. The monoisotopic (exact) mass is 291 g/mol. The Morgan fingerprint density at radius 3 is 2.71 bits per heavy atom. The van der Waals surface area contributed by atoms with E-state index in [1.807, 2.05) is 29.2 Å². The lowest BCUT2D eigenvalue weighted by atomic mass is 10.2. The second-order valence-corrected chi connectivity index (χ2v) is 4.84. The summed E-state index contributed by atoms with van der Waals surface area (Å²) in [7, 11) is 0. The van der Waals surface area contributed by atoms with Crippen molar-refractivity contribution in [2.45, 2.75) is 18.9 Å². The van der Waals surface area contributed by atoms with Gasteiger partial charge in [-0.2, -0.15) is 0 Å². The molecule has 0 bridgehead atoms. The fourth-order valence-corrected chi connectivity index (χ4v) is 2.18. The van der Waals surface area contributed by atoms with Gasteiger partial charge in [0.25, 0.3) is 5.91 Å². The maximum Gasteiger partial charge on any atom is 0.251 e. The number of amides is 1. The van der Waals surface area contributed by atoms with Gasteiger partial charge in [0, 0.05) is 16.6 Å². The van der Waals surface area contributed by atoms with Gasteiger partial charge in [0.2, 0.25) is 0 Å². The summed E-state index contributed by atoms with van der Waals surface area (Å²) >= 11 is 3.49. The predicted octanol–water partition coefficient (Wildman–Crippen LogP) is 3.69. The smallest absolute Gasteiger partial charge is 0.251 e. The lowest BCUT2D eigenvalue weighted by Crippen LogP contribution is -2.31. The molecule has 1 aliphatic rings. The van der Waals surface area contributed by atoms with Crippen LogP contribution < -0.4 is 4.90 Å². The van der Waals surface area contributed by atoms with E-state index >= 15 is 0 Å². The van der Waals surface area contributed by atoms with Crippen molar-refractivity contribution in [3.63, 3.8) is 0 Å². The SMILES string of the molecule is C=CC=CC(=O)N(c1ccccc1Br)C1CC1. The number of rotatable bonds is 4. The molecular weight excluding hydrogens is 278 g/mol. The van der Waals surface area contributed by atoms with Crippen molar-refractivity contribution in [2.75, 3.05) is 4.90 Å². The number of hydrogen-bond acceptors (Lipinski definition) is 1. The molecule has 1 aromatic rings. The van der Waals surface area contributed by atoms with Crippen LogP contribution >= 0.6 is 15.9 Å². The molecule has 88 valence electrons. The van der Waals surface area contributed by atoms with Gasteiger partial charge in [-0.1, -0.05) is 30.9 Å². The lowest BCUT2D eigenvalue weighted by molar-refractivity contribution is -0.114. The van der Waals surface area contributed by atoms with Crippen LogP contribution in [0.2, 0.25) is 0 Å². The molecule has 1 aliphatic carbocycles. The number of anilines is 1. The molecule has 0 saturated heterocycles. The molecule has 1 amide bonds. The van der Waals surface area contributed by atoms with Crippen molar-refractivity contribution in [2.24, 2.45) is 0 Å². The summed E-state index contributed by atoms with van der Waals surface area (Å²) in [5, 5.41) is 0. The maximum atomic E-state index is 12.1. The summed E-state index contributed by atoms with van der Waals surface area (Å²) in [6.45, 7) is 3.58. The normalized spacial score (nSPS) is 14.9. The topological polar surface area (TPSA) is 20.3 Å². The second kappa shape index (κ2) is 5.32. The molecule has 17 heavy (non-hydrogen) atoms. The van der Waals surface area contributed by atoms with E-state index in [0.29, 0.717) is 6.04 Å². The van der Waals surface area contributed by atoms with E-state index in [1.165, 1.54) is 0 Å². The van der Waals surface area contributed by atoms with Crippen molar-refractivity contribution in [1.29, 1.82) is 0 Å². The molecule has 1 aromatic carbocycles. The van der Waals surface area contributed by atoms with Crippen molar-refractivity contribution < 1.29 is 4.79 Å². The zero-order valence-electron chi connectivity index (χ0n) is 9.47. The summed E-state index contributed by atoms with van der Waals surface area (Å²) < 4.78 is 0.951. The molecule has 1 saturated carbocycles. The van der Waals surface area contributed by atoms with Gasteiger partial charge in [-0.05, 0) is 40.9 Å². The molecule has 0 aromatic heterocycles. The first kappa shape index (κ1) is 12.1. The fourth-order valence-electron chi connectivity index (χ4n) is 1.71. The molecule has 0 unspecified atom stereocenters. The first-order chi connectivity index (χ1) is 8.24. The Kier molecular flexibility index (Phi) is 3.79. The van der Waals surface area contributed by atoms with Gasteiger partial charge >= 0.3 is 0 Å². The van der Waals surface area contributed by atoms with Crippen LogP contribution in [0.5, 0.6) is 0 Å². The predicted molar refractivity (Wildman–Crippen MR) is 74.0 cm³/mol. The molecule has 0 atom stereocenters. The van der Waals surface area contributed by atoms with Gasteiger partial charge in [0.15, 0.2) is 0 Å². The Balaban J connectivity index is 2.29. The molecule has 0 aliphatic heterocycles. The molecule has 0 heterocycles. The van der Waals surface area contributed by atoms with Crippen LogP contribution in [0.25, 0.3) is 0 Å². The van der Waals surface area contributed by atoms with Crippen molar-refractivity contribution in [1.82, 2.24) is 0 Å². The highest BCUT2D eigenvalue weighted by molar-refractivity contribution is 9.10. The number of benzene rings is 1. The molecule has 2 rings (SSSR count). The Labute approximate surface area is 110 Å². The molecule has 3 heteroatoms. The van der Waals surface area contributed by atoms with Crippen molar-refractivity contribution in [3.05, 3.63) is 53.5 Å². The number of allylic oxidation sites excluding steroid dienone is 2. The highest BCUT2D eigenvalue weighted by Crippen LogP contribution is 2.35. The first-order valence-electron chi connectivity index (χ1n) is 5.61. The minimum Gasteiger partial charge on any atom is -0.305 e. The van der Waals surface area contributed by atoms with Crippen LogP contribution in [0.15, 0.2) is 53.5 Å². The third-order valence-corrected chi connectivity index (χ3v) is 3.31. The van der Waals surface area contributed by atoms with Gasteiger partial charge in [-0.25, -0.2) is 0 Å². The minimum absolute atomic E-state index is 0.0132. The fraction of sp³-hybridized carbons (Fsp3) is 0.214. The third kappa shape index (κ3) is 2.86. The van der Waals surface area contributed by atoms with Crippen LogP contribution in [-0.2, 0) is 4.79 Å². The average molecular weight is 292 g/mol. The van der Waals surface area contributed by atoms with E-state index in [2.05, 4.69) is 22.5 Å². The molecular formula is C14H14BrNO. The van der Waals surface area contributed by atoms with Gasteiger partial charge in [0.05, 0.1) is 5.69 Å². The highest BCUT2D eigenvalue weighted by atomic mass is 79.9. The second-order valence-electron chi connectivity index (χ2n) is 3.99. The van der Waals surface area contributed by atoms with Gasteiger partial charge in [-0.3, -0.25) is 4.79 Å². The standard InChI is InChI=1S/C14H14BrNO/c1-2-3-8-14(17)16(11-9-10-11)13-7-5-4-6-12(13)15/h2-8,11H,1,9-10H2. The quantitative estimate of drug-likeness (QED) is 0.612. The van der Waals surface area contributed by atoms with E-state index in [1.54, 1.807) is 18.2 Å². The van der Waals surface area contributed by atoms with Crippen LogP contribution in [0.3, 0.4) is 0 Å². The largest absolute Gasteiger partial charge is 0.305 e. The number of nitrogens with zero attached hydrogens (tertiary/aromatic N) is 1. The maximum absolute atomic E-state index is 12.1. The third-order valence-electron chi connectivity index (χ3n) is 2.64. The van der Waals surface area contributed by atoms with E-state index in [4.69, 9.17) is 0 Å². The number of carbonyl (C=O) groups excluding carboxylic acids is 1. The first-order valence-corrected chi connectivity index (χ1v) is 6.40. The van der Waals surface area contributed by atoms with E-state index in [0.717, 1.165) is 23.0 Å². The number of hydrogen-bond donors (Lipinski definition) is 0. The Morgan fingerprint density at radius 2 is 2.12 bits per heavy atom. The van der Waals surface area contributed by atoms with Crippen LogP contribution in [0.4, 0.5) is 5.69 Å². The van der Waals surface area contributed by atoms with E-state index in [9.17, 15) is 4.79 Å². The van der Waals surface area contributed by atoms with Gasteiger partial charge in [-0.15, -0.1) is 0 Å². The highest BCUT2D eigenvalue weighted by Gasteiger charge is 2.33. The lowest BCUT2D eigenvalue weighted by Gasteiger charge is -2.22. The molecule has 2 nitrogen and oxygen atoms in total. The number of carbonyl (C=O) groups is 1. The zero-order valence-corrected chi connectivity index (χ0v) is 11.1. The van der Waals surface area contributed by atoms with Gasteiger partial charge < -0.3 is 4.90 Å². The Hall–Kier alpha value is -1.35. The zero-order chi connectivity index (χ0) is 12.3. The number of para-hydroxylation sites is 1. The molecule has 0 spiro atoms. The van der Waals surface area contributed by atoms with E-state index in [-0.39, 0.29) is 5.91 Å². The summed E-state index contributed by atoms with van der Waals surface area (Å²) in [5.74, 6) is 0.0132. The van der Waals surface area contributed by atoms with Crippen molar-refractivity contribution in [3.8, 4) is 0 Å². The van der Waals surface area contributed by atoms with Crippen molar-refractivity contribution >= 4 is 27.5 Å². The Morgan fingerprint density at radius 1 is 1.41 bits per heavy atom. The van der Waals surface area contributed by atoms with E-state index < -0.39 is 0 Å². The van der Waals surface area contributed by atoms with Crippen LogP contribution in [0.1, 0.15) is 12.8 Å². The molecule has 0 radical (unpaired) electrons. The van der Waals surface area contributed by atoms with Gasteiger partial charge in [0.1, 0.15) is 0 Å².